The number of hydrogen-bond donors (Lipinski definition) is 2. The van der Waals surface area contributed by atoms with Gasteiger partial charge in [0, 0.05) is 10.5 Å². The number of aliphatic hydroxyl groups excluding tert-OH is 1. The summed E-state index contributed by atoms with van der Waals surface area (Å²) < 4.78 is 26.8. The first-order chi connectivity index (χ1) is 7.98. The lowest BCUT2D eigenvalue weighted by Crippen LogP contribution is -2.37. The fourth-order valence-electron chi connectivity index (χ4n) is 1.52. The SMILES string of the molecule is CCC(NCC(F)(F)CO)c1ccc(Br)cc1. The first kappa shape index (κ1) is 14.5. The molecule has 1 aromatic rings. The molecule has 0 saturated heterocycles. The monoisotopic (exact) mass is 307 g/mol. The highest BCUT2D eigenvalue weighted by Gasteiger charge is 2.28. The van der Waals surface area contributed by atoms with Crippen molar-refractivity contribution in [2.45, 2.75) is 25.3 Å². The molecular formula is C12H16BrF2NO. The van der Waals surface area contributed by atoms with Gasteiger partial charge in [-0.05, 0) is 24.1 Å². The number of alkyl halides is 2. The maximum absolute atomic E-state index is 12.9. The van der Waals surface area contributed by atoms with Crippen molar-refractivity contribution in [1.29, 1.82) is 0 Å². The Morgan fingerprint density at radius 2 is 1.94 bits per heavy atom. The Hall–Kier alpha value is -0.520. The van der Waals surface area contributed by atoms with E-state index >= 15 is 0 Å². The smallest absolute Gasteiger partial charge is 0.282 e. The standard InChI is InChI=1S/C12H16BrF2NO/c1-2-11(16-7-12(14,15)8-17)9-3-5-10(13)6-4-9/h3-6,11,16-17H,2,7-8H2,1H3. The first-order valence-corrected chi connectivity index (χ1v) is 6.25. The van der Waals surface area contributed by atoms with Crippen LogP contribution in [0, 0.1) is 0 Å². The molecule has 5 heteroatoms. The summed E-state index contributed by atoms with van der Waals surface area (Å²) in [6, 6.07) is 7.42. The van der Waals surface area contributed by atoms with Gasteiger partial charge in [0.25, 0.3) is 5.92 Å². The Morgan fingerprint density at radius 3 is 2.41 bits per heavy atom. The minimum absolute atomic E-state index is 0.125. The van der Waals surface area contributed by atoms with Crippen molar-refractivity contribution in [2.24, 2.45) is 0 Å². The van der Waals surface area contributed by atoms with Gasteiger partial charge in [0.1, 0.15) is 6.61 Å². The van der Waals surface area contributed by atoms with E-state index < -0.39 is 19.1 Å². The number of aliphatic hydroxyl groups is 1. The van der Waals surface area contributed by atoms with Crippen LogP contribution in [0.1, 0.15) is 24.9 Å². The molecule has 1 unspecified atom stereocenters. The van der Waals surface area contributed by atoms with Gasteiger partial charge in [0.15, 0.2) is 0 Å². The highest BCUT2D eigenvalue weighted by Crippen LogP contribution is 2.21. The van der Waals surface area contributed by atoms with E-state index in [1.54, 1.807) is 0 Å². The van der Waals surface area contributed by atoms with Crippen LogP contribution in [0.15, 0.2) is 28.7 Å². The Bertz CT molecular complexity index is 343. The molecule has 0 aliphatic heterocycles. The average Bonchev–Trinajstić information content (AvgIpc) is 2.32. The number of rotatable bonds is 6. The average molecular weight is 308 g/mol. The van der Waals surface area contributed by atoms with Crippen LogP contribution in [0.4, 0.5) is 8.78 Å². The van der Waals surface area contributed by atoms with Crippen LogP contribution in [0.3, 0.4) is 0 Å². The number of halogens is 3. The van der Waals surface area contributed by atoms with Crippen molar-refractivity contribution in [1.82, 2.24) is 5.32 Å². The van der Waals surface area contributed by atoms with Crippen LogP contribution in [0.2, 0.25) is 0 Å². The molecule has 0 amide bonds. The Balaban J connectivity index is 2.63. The molecule has 0 aromatic heterocycles. The van der Waals surface area contributed by atoms with Crippen LogP contribution >= 0.6 is 15.9 Å². The predicted molar refractivity (Wildman–Crippen MR) is 67.2 cm³/mol. The van der Waals surface area contributed by atoms with Crippen molar-refractivity contribution in [3.8, 4) is 0 Å². The number of hydrogen-bond acceptors (Lipinski definition) is 2. The molecule has 2 nitrogen and oxygen atoms in total. The highest BCUT2D eigenvalue weighted by atomic mass is 79.9. The first-order valence-electron chi connectivity index (χ1n) is 5.46. The fraction of sp³-hybridized carbons (Fsp3) is 0.500. The zero-order valence-electron chi connectivity index (χ0n) is 9.59. The van der Waals surface area contributed by atoms with Gasteiger partial charge in [-0.15, -0.1) is 0 Å². The van der Waals surface area contributed by atoms with E-state index in [2.05, 4.69) is 21.2 Å². The van der Waals surface area contributed by atoms with E-state index in [4.69, 9.17) is 5.11 Å². The van der Waals surface area contributed by atoms with Gasteiger partial charge in [0.05, 0.1) is 6.54 Å². The quantitative estimate of drug-likeness (QED) is 0.846. The summed E-state index contributed by atoms with van der Waals surface area (Å²) in [6.07, 6.45) is 0.711. The van der Waals surface area contributed by atoms with E-state index in [-0.39, 0.29) is 6.04 Å². The fourth-order valence-corrected chi connectivity index (χ4v) is 1.79. The third-order valence-electron chi connectivity index (χ3n) is 2.52. The molecule has 1 rings (SSSR count). The number of nitrogens with one attached hydrogen (secondary N) is 1. The Kier molecular flexibility index (Phi) is 5.49. The molecule has 0 bridgehead atoms. The minimum Gasteiger partial charge on any atom is -0.390 e. The molecule has 17 heavy (non-hydrogen) atoms. The molecule has 2 N–H and O–H groups in total. The maximum Gasteiger partial charge on any atom is 0.282 e. The highest BCUT2D eigenvalue weighted by molar-refractivity contribution is 9.10. The molecule has 0 aliphatic rings. The topological polar surface area (TPSA) is 32.3 Å². The molecule has 0 fully saturated rings. The maximum atomic E-state index is 12.9. The Labute approximate surface area is 108 Å². The van der Waals surface area contributed by atoms with Crippen LogP contribution in [0.25, 0.3) is 0 Å². The van der Waals surface area contributed by atoms with Crippen molar-refractivity contribution >= 4 is 15.9 Å². The number of benzene rings is 1. The van der Waals surface area contributed by atoms with Crippen LogP contribution < -0.4 is 5.32 Å². The second-order valence-electron chi connectivity index (χ2n) is 3.91. The molecule has 1 atom stereocenters. The summed E-state index contributed by atoms with van der Waals surface area (Å²) in [5, 5.41) is 11.3. The van der Waals surface area contributed by atoms with E-state index in [0.29, 0.717) is 6.42 Å². The second-order valence-corrected chi connectivity index (χ2v) is 4.82. The lowest BCUT2D eigenvalue weighted by Gasteiger charge is -2.21. The van der Waals surface area contributed by atoms with Crippen LogP contribution in [0.5, 0.6) is 0 Å². The molecule has 0 radical (unpaired) electrons. The predicted octanol–water partition coefficient (Wildman–Crippen LogP) is 3.12. The van der Waals surface area contributed by atoms with Crippen molar-refractivity contribution in [3.05, 3.63) is 34.3 Å². The largest absolute Gasteiger partial charge is 0.390 e. The summed E-state index contributed by atoms with van der Waals surface area (Å²) in [6.45, 7) is 0.283. The Morgan fingerprint density at radius 1 is 1.35 bits per heavy atom. The van der Waals surface area contributed by atoms with Crippen molar-refractivity contribution < 1.29 is 13.9 Å². The summed E-state index contributed by atoms with van der Waals surface area (Å²) in [5.41, 5.74) is 0.962. The summed E-state index contributed by atoms with van der Waals surface area (Å²) >= 11 is 3.32. The lowest BCUT2D eigenvalue weighted by molar-refractivity contribution is -0.0494. The van der Waals surface area contributed by atoms with Gasteiger partial charge in [-0.3, -0.25) is 0 Å². The van der Waals surface area contributed by atoms with Gasteiger partial charge in [-0.1, -0.05) is 35.0 Å². The zero-order chi connectivity index (χ0) is 12.9. The van der Waals surface area contributed by atoms with E-state index in [1.165, 1.54) is 0 Å². The van der Waals surface area contributed by atoms with E-state index in [0.717, 1.165) is 10.0 Å². The molecule has 96 valence electrons. The molecule has 0 aliphatic carbocycles. The van der Waals surface area contributed by atoms with Crippen molar-refractivity contribution in [3.63, 3.8) is 0 Å². The van der Waals surface area contributed by atoms with Gasteiger partial charge in [-0.2, -0.15) is 0 Å². The van der Waals surface area contributed by atoms with Crippen LogP contribution in [-0.2, 0) is 0 Å². The second kappa shape index (κ2) is 6.42. The lowest BCUT2D eigenvalue weighted by atomic mass is 10.0. The summed E-state index contributed by atoms with van der Waals surface area (Å²) in [5.74, 6) is -3.07. The van der Waals surface area contributed by atoms with E-state index in [1.807, 2.05) is 31.2 Å². The molecule has 1 aromatic carbocycles. The molecular weight excluding hydrogens is 292 g/mol. The zero-order valence-corrected chi connectivity index (χ0v) is 11.2. The third kappa shape index (κ3) is 4.69. The summed E-state index contributed by atoms with van der Waals surface area (Å²) in [4.78, 5) is 0. The van der Waals surface area contributed by atoms with Crippen molar-refractivity contribution in [2.75, 3.05) is 13.2 Å². The van der Waals surface area contributed by atoms with Crippen LogP contribution in [-0.4, -0.2) is 24.2 Å². The summed E-state index contributed by atoms with van der Waals surface area (Å²) in [7, 11) is 0. The van der Waals surface area contributed by atoms with Gasteiger partial charge >= 0.3 is 0 Å². The van der Waals surface area contributed by atoms with Gasteiger partial charge in [-0.25, -0.2) is 8.78 Å². The third-order valence-corrected chi connectivity index (χ3v) is 3.05. The molecule has 0 saturated carbocycles. The molecule has 0 heterocycles. The van der Waals surface area contributed by atoms with Gasteiger partial charge < -0.3 is 10.4 Å². The van der Waals surface area contributed by atoms with E-state index in [9.17, 15) is 8.78 Å². The minimum atomic E-state index is -3.07. The van der Waals surface area contributed by atoms with Gasteiger partial charge in [0.2, 0.25) is 0 Å². The normalized spacial score (nSPS) is 13.7. The molecule has 0 spiro atoms.